The van der Waals surface area contributed by atoms with Crippen molar-refractivity contribution in [3.63, 3.8) is 0 Å². The standard InChI is InChI=1S/C15H15NO3/c1-18-15(17)14-9-12(16)8-7-11(14)10-19-13-5-3-2-4-6-13/h2-9H,10,16H2,1H3. The van der Waals surface area contributed by atoms with Crippen LogP contribution in [0.2, 0.25) is 0 Å². The highest BCUT2D eigenvalue weighted by Crippen LogP contribution is 2.18. The third-order valence-electron chi connectivity index (χ3n) is 2.68. The van der Waals surface area contributed by atoms with Crippen molar-refractivity contribution in [2.24, 2.45) is 0 Å². The van der Waals surface area contributed by atoms with Gasteiger partial charge < -0.3 is 15.2 Å². The second-order valence-corrected chi connectivity index (χ2v) is 4.01. The van der Waals surface area contributed by atoms with Crippen LogP contribution in [-0.4, -0.2) is 13.1 Å². The number of hydrogen-bond acceptors (Lipinski definition) is 4. The molecule has 98 valence electrons. The Hall–Kier alpha value is -2.49. The summed E-state index contributed by atoms with van der Waals surface area (Å²) < 4.78 is 10.4. The number of nitrogen functional groups attached to an aromatic ring is 1. The molecule has 0 aromatic heterocycles. The molecule has 0 bridgehead atoms. The predicted molar refractivity (Wildman–Crippen MR) is 73.0 cm³/mol. The van der Waals surface area contributed by atoms with Crippen LogP contribution in [0.15, 0.2) is 48.5 Å². The molecular formula is C15H15NO3. The molecule has 0 radical (unpaired) electrons. The first-order valence-electron chi connectivity index (χ1n) is 5.85. The minimum Gasteiger partial charge on any atom is -0.489 e. The first-order valence-corrected chi connectivity index (χ1v) is 5.85. The number of methoxy groups -OCH3 is 1. The van der Waals surface area contributed by atoms with Crippen molar-refractivity contribution in [2.45, 2.75) is 6.61 Å². The maximum Gasteiger partial charge on any atom is 0.338 e. The van der Waals surface area contributed by atoms with Crippen molar-refractivity contribution >= 4 is 11.7 Å². The van der Waals surface area contributed by atoms with Crippen LogP contribution in [0.1, 0.15) is 15.9 Å². The Balaban J connectivity index is 2.18. The molecule has 0 saturated carbocycles. The van der Waals surface area contributed by atoms with Gasteiger partial charge in [0.25, 0.3) is 0 Å². The zero-order valence-corrected chi connectivity index (χ0v) is 10.6. The number of carbonyl (C=O) groups is 1. The monoisotopic (exact) mass is 257 g/mol. The highest BCUT2D eigenvalue weighted by Gasteiger charge is 2.12. The number of rotatable bonds is 4. The van der Waals surface area contributed by atoms with Crippen LogP contribution >= 0.6 is 0 Å². The van der Waals surface area contributed by atoms with E-state index < -0.39 is 5.97 Å². The van der Waals surface area contributed by atoms with Crippen molar-refractivity contribution < 1.29 is 14.3 Å². The van der Waals surface area contributed by atoms with E-state index in [0.29, 0.717) is 11.3 Å². The van der Waals surface area contributed by atoms with E-state index in [1.165, 1.54) is 7.11 Å². The van der Waals surface area contributed by atoms with Gasteiger partial charge in [0.15, 0.2) is 0 Å². The third-order valence-corrected chi connectivity index (χ3v) is 2.68. The smallest absolute Gasteiger partial charge is 0.338 e. The first-order chi connectivity index (χ1) is 9.20. The minimum absolute atomic E-state index is 0.286. The summed E-state index contributed by atoms with van der Waals surface area (Å²) in [6, 6.07) is 14.5. The molecule has 0 heterocycles. The largest absolute Gasteiger partial charge is 0.489 e. The van der Waals surface area contributed by atoms with Crippen LogP contribution in [-0.2, 0) is 11.3 Å². The average Bonchev–Trinajstić information content (AvgIpc) is 2.46. The molecule has 0 amide bonds. The molecule has 0 aliphatic heterocycles. The number of hydrogen-bond donors (Lipinski definition) is 1. The summed E-state index contributed by atoms with van der Waals surface area (Å²) in [5, 5.41) is 0. The molecule has 0 spiro atoms. The lowest BCUT2D eigenvalue weighted by atomic mass is 10.1. The quantitative estimate of drug-likeness (QED) is 0.675. The summed E-state index contributed by atoms with van der Waals surface area (Å²) in [5.41, 5.74) is 7.37. The zero-order valence-electron chi connectivity index (χ0n) is 10.6. The van der Waals surface area contributed by atoms with E-state index in [-0.39, 0.29) is 6.61 Å². The fourth-order valence-electron chi connectivity index (χ4n) is 1.70. The average molecular weight is 257 g/mol. The fourth-order valence-corrected chi connectivity index (χ4v) is 1.70. The Kier molecular flexibility index (Phi) is 4.03. The summed E-state index contributed by atoms with van der Waals surface area (Å²) in [7, 11) is 1.34. The summed E-state index contributed by atoms with van der Waals surface area (Å²) in [5.74, 6) is 0.328. The van der Waals surface area contributed by atoms with E-state index in [1.807, 2.05) is 30.3 Å². The Bertz CT molecular complexity index is 567. The number of carbonyl (C=O) groups excluding carboxylic acids is 1. The molecule has 0 unspecified atom stereocenters. The van der Waals surface area contributed by atoms with Gasteiger partial charge in [-0.25, -0.2) is 4.79 Å². The molecule has 0 fully saturated rings. The Labute approximate surface area is 111 Å². The molecule has 0 saturated heterocycles. The Morgan fingerprint density at radius 2 is 1.89 bits per heavy atom. The van der Waals surface area contributed by atoms with Gasteiger partial charge in [-0.05, 0) is 24.3 Å². The van der Waals surface area contributed by atoms with Crippen molar-refractivity contribution in [1.29, 1.82) is 0 Å². The Morgan fingerprint density at radius 3 is 2.58 bits per heavy atom. The second-order valence-electron chi connectivity index (χ2n) is 4.01. The normalized spacial score (nSPS) is 9.95. The summed E-state index contributed by atoms with van der Waals surface area (Å²) in [4.78, 5) is 11.7. The highest BCUT2D eigenvalue weighted by atomic mass is 16.5. The van der Waals surface area contributed by atoms with Crippen molar-refractivity contribution in [2.75, 3.05) is 12.8 Å². The number of benzene rings is 2. The van der Waals surface area contributed by atoms with E-state index >= 15 is 0 Å². The van der Waals surface area contributed by atoms with Gasteiger partial charge in [0.1, 0.15) is 12.4 Å². The molecule has 0 atom stereocenters. The first kappa shape index (κ1) is 13.0. The molecule has 4 heteroatoms. The van der Waals surface area contributed by atoms with Crippen LogP contribution in [0.4, 0.5) is 5.69 Å². The van der Waals surface area contributed by atoms with E-state index in [2.05, 4.69) is 0 Å². The molecule has 0 aliphatic carbocycles. The van der Waals surface area contributed by atoms with Gasteiger partial charge in [0, 0.05) is 11.3 Å². The fraction of sp³-hybridized carbons (Fsp3) is 0.133. The van der Waals surface area contributed by atoms with Crippen LogP contribution in [0.25, 0.3) is 0 Å². The molecule has 2 N–H and O–H groups in total. The minimum atomic E-state index is -0.418. The van der Waals surface area contributed by atoms with E-state index in [4.69, 9.17) is 15.2 Å². The third kappa shape index (κ3) is 3.25. The molecular weight excluding hydrogens is 242 g/mol. The maximum absolute atomic E-state index is 11.7. The molecule has 0 aliphatic rings. The van der Waals surface area contributed by atoms with Gasteiger partial charge in [-0.1, -0.05) is 24.3 Å². The summed E-state index contributed by atoms with van der Waals surface area (Å²) in [6.45, 7) is 0.286. The van der Waals surface area contributed by atoms with Crippen molar-refractivity contribution in [3.8, 4) is 5.75 Å². The number of para-hydroxylation sites is 1. The molecule has 2 aromatic carbocycles. The topological polar surface area (TPSA) is 61.5 Å². The van der Waals surface area contributed by atoms with E-state index in [1.54, 1.807) is 18.2 Å². The molecule has 2 rings (SSSR count). The molecule has 4 nitrogen and oxygen atoms in total. The highest BCUT2D eigenvalue weighted by molar-refractivity contribution is 5.92. The van der Waals surface area contributed by atoms with Crippen molar-refractivity contribution in [3.05, 3.63) is 59.7 Å². The van der Waals surface area contributed by atoms with Gasteiger partial charge >= 0.3 is 5.97 Å². The molecule has 19 heavy (non-hydrogen) atoms. The number of nitrogens with two attached hydrogens (primary N) is 1. The molecule has 2 aromatic rings. The number of anilines is 1. The Morgan fingerprint density at radius 1 is 1.16 bits per heavy atom. The van der Waals surface area contributed by atoms with E-state index in [9.17, 15) is 4.79 Å². The summed E-state index contributed by atoms with van der Waals surface area (Å²) in [6.07, 6.45) is 0. The van der Waals surface area contributed by atoms with Gasteiger partial charge in [-0.2, -0.15) is 0 Å². The van der Waals surface area contributed by atoms with Crippen molar-refractivity contribution in [1.82, 2.24) is 0 Å². The van der Waals surface area contributed by atoms with Crippen LogP contribution < -0.4 is 10.5 Å². The SMILES string of the molecule is COC(=O)c1cc(N)ccc1COc1ccccc1. The summed E-state index contributed by atoms with van der Waals surface area (Å²) >= 11 is 0. The lowest BCUT2D eigenvalue weighted by molar-refractivity contribution is 0.0598. The lowest BCUT2D eigenvalue weighted by Gasteiger charge is -2.10. The van der Waals surface area contributed by atoms with Gasteiger partial charge in [0.2, 0.25) is 0 Å². The van der Waals surface area contributed by atoms with Crippen LogP contribution in [0.3, 0.4) is 0 Å². The lowest BCUT2D eigenvalue weighted by Crippen LogP contribution is -2.08. The maximum atomic E-state index is 11.7. The van der Waals surface area contributed by atoms with Gasteiger partial charge in [0.05, 0.1) is 12.7 Å². The van der Waals surface area contributed by atoms with Crippen LogP contribution in [0, 0.1) is 0 Å². The number of esters is 1. The number of ether oxygens (including phenoxy) is 2. The van der Waals surface area contributed by atoms with Gasteiger partial charge in [-0.15, -0.1) is 0 Å². The zero-order chi connectivity index (χ0) is 13.7. The van der Waals surface area contributed by atoms with E-state index in [0.717, 1.165) is 11.3 Å². The second kappa shape index (κ2) is 5.91. The van der Waals surface area contributed by atoms with Crippen LogP contribution in [0.5, 0.6) is 5.75 Å². The predicted octanol–water partition coefficient (Wildman–Crippen LogP) is 2.63. The van der Waals surface area contributed by atoms with Gasteiger partial charge in [-0.3, -0.25) is 0 Å².